The molecular formula is C24H29FN4O4. The number of carbonyl (C=O) groups is 2. The lowest BCUT2D eigenvalue weighted by Gasteiger charge is -2.36. The number of piperazine rings is 1. The Labute approximate surface area is 192 Å². The van der Waals surface area contributed by atoms with Gasteiger partial charge in [-0.25, -0.2) is 14.6 Å². The molecule has 0 atom stereocenters. The van der Waals surface area contributed by atoms with E-state index in [0.29, 0.717) is 50.6 Å². The minimum Gasteiger partial charge on any atom is -0.445 e. The van der Waals surface area contributed by atoms with Gasteiger partial charge in [-0.1, -0.05) is 30.3 Å². The molecule has 2 aliphatic heterocycles. The maximum atomic E-state index is 14.4. The number of nitrogens with zero attached hydrogens (tertiary/aromatic N) is 4. The van der Waals surface area contributed by atoms with Gasteiger partial charge in [0.15, 0.2) is 0 Å². The van der Waals surface area contributed by atoms with Gasteiger partial charge >= 0.3 is 12.2 Å². The SMILES string of the molecule is CC(C)(C)OC(=O)N1CCc2c(N3CCN(C(=O)OCc4ccccc4)CC3)cc(F)nc21. The summed E-state index contributed by atoms with van der Waals surface area (Å²) in [6.45, 7) is 7.96. The van der Waals surface area contributed by atoms with Gasteiger partial charge in [0, 0.05) is 50.0 Å². The van der Waals surface area contributed by atoms with Crippen LogP contribution in [0.1, 0.15) is 31.9 Å². The molecule has 0 saturated carbocycles. The summed E-state index contributed by atoms with van der Waals surface area (Å²) in [6.07, 6.45) is -0.326. The number of hydrogen-bond donors (Lipinski definition) is 0. The molecule has 1 aromatic carbocycles. The molecule has 2 aromatic rings. The molecule has 1 aromatic heterocycles. The summed E-state index contributed by atoms with van der Waals surface area (Å²) in [5.74, 6) is -0.340. The van der Waals surface area contributed by atoms with E-state index in [1.165, 1.54) is 11.0 Å². The summed E-state index contributed by atoms with van der Waals surface area (Å²) in [5.41, 5.74) is 1.81. The Morgan fingerprint density at radius 2 is 1.73 bits per heavy atom. The third-order valence-corrected chi connectivity index (χ3v) is 5.59. The Kier molecular flexibility index (Phi) is 6.40. The number of benzene rings is 1. The second kappa shape index (κ2) is 9.25. The summed E-state index contributed by atoms with van der Waals surface area (Å²) in [6, 6.07) is 10.9. The molecule has 0 aliphatic carbocycles. The van der Waals surface area contributed by atoms with Crippen molar-refractivity contribution in [2.24, 2.45) is 0 Å². The fourth-order valence-corrected chi connectivity index (χ4v) is 4.03. The number of halogens is 1. The maximum Gasteiger partial charge on any atom is 0.416 e. The first kappa shape index (κ1) is 22.8. The van der Waals surface area contributed by atoms with Crippen molar-refractivity contribution in [3.05, 3.63) is 53.5 Å². The largest absolute Gasteiger partial charge is 0.445 e. The van der Waals surface area contributed by atoms with E-state index in [0.717, 1.165) is 11.1 Å². The predicted molar refractivity (Wildman–Crippen MR) is 122 cm³/mol. The third kappa shape index (κ3) is 5.35. The number of fused-ring (bicyclic) bond motifs is 1. The fourth-order valence-electron chi connectivity index (χ4n) is 4.03. The average molecular weight is 457 g/mol. The van der Waals surface area contributed by atoms with Crippen molar-refractivity contribution < 1.29 is 23.5 Å². The van der Waals surface area contributed by atoms with Gasteiger partial charge in [-0.3, -0.25) is 4.90 Å². The quantitative estimate of drug-likeness (QED) is 0.651. The highest BCUT2D eigenvalue weighted by atomic mass is 19.1. The topological polar surface area (TPSA) is 75.2 Å². The average Bonchev–Trinajstić information content (AvgIpc) is 3.20. The van der Waals surface area contributed by atoms with Crippen molar-refractivity contribution in [1.82, 2.24) is 9.88 Å². The fraction of sp³-hybridized carbons (Fsp3) is 0.458. The molecule has 0 radical (unpaired) electrons. The van der Waals surface area contributed by atoms with Crippen LogP contribution in [0.3, 0.4) is 0 Å². The van der Waals surface area contributed by atoms with Gasteiger partial charge in [0.1, 0.15) is 18.0 Å². The zero-order valence-electron chi connectivity index (χ0n) is 19.2. The van der Waals surface area contributed by atoms with Crippen LogP contribution in [0.5, 0.6) is 0 Å². The van der Waals surface area contributed by atoms with Crippen molar-refractivity contribution in [3.8, 4) is 0 Å². The number of carbonyl (C=O) groups excluding carboxylic acids is 2. The summed E-state index contributed by atoms with van der Waals surface area (Å²) >= 11 is 0. The van der Waals surface area contributed by atoms with E-state index in [1.54, 1.807) is 25.7 Å². The Balaban J connectivity index is 1.40. The van der Waals surface area contributed by atoms with Crippen LogP contribution in [0.4, 0.5) is 25.5 Å². The van der Waals surface area contributed by atoms with Crippen molar-refractivity contribution in [3.63, 3.8) is 0 Å². The number of ether oxygens (including phenoxy) is 2. The summed E-state index contributed by atoms with van der Waals surface area (Å²) < 4.78 is 25.3. The molecule has 33 heavy (non-hydrogen) atoms. The molecule has 0 unspecified atom stereocenters. The summed E-state index contributed by atoms with van der Waals surface area (Å²) in [7, 11) is 0. The van der Waals surface area contributed by atoms with E-state index >= 15 is 0 Å². The Hall–Kier alpha value is -3.36. The molecule has 2 aliphatic rings. The van der Waals surface area contributed by atoms with Crippen LogP contribution in [-0.4, -0.2) is 60.4 Å². The zero-order valence-corrected chi connectivity index (χ0v) is 19.2. The lowest BCUT2D eigenvalue weighted by atomic mass is 10.1. The molecule has 176 valence electrons. The first-order chi connectivity index (χ1) is 15.7. The molecule has 1 fully saturated rings. The minimum atomic E-state index is -0.651. The molecule has 0 bridgehead atoms. The molecule has 0 spiro atoms. The number of hydrogen-bond acceptors (Lipinski definition) is 6. The standard InChI is InChI=1S/C24H29FN4O4/c1-24(2,3)33-23(31)29-10-9-18-19(15-20(25)26-21(18)29)27-11-13-28(14-12-27)22(30)32-16-17-7-5-4-6-8-17/h4-8,15H,9-14,16H2,1-3H3. The second-order valence-corrected chi connectivity index (χ2v) is 9.16. The van der Waals surface area contributed by atoms with Gasteiger partial charge in [0.25, 0.3) is 0 Å². The third-order valence-electron chi connectivity index (χ3n) is 5.59. The van der Waals surface area contributed by atoms with Crippen LogP contribution < -0.4 is 9.80 Å². The van der Waals surface area contributed by atoms with Crippen LogP contribution in [-0.2, 0) is 22.5 Å². The minimum absolute atomic E-state index is 0.226. The van der Waals surface area contributed by atoms with Gasteiger partial charge in [0.2, 0.25) is 5.95 Å². The zero-order chi connectivity index (χ0) is 23.6. The van der Waals surface area contributed by atoms with E-state index in [9.17, 15) is 14.0 Å². The van der Waals surface area contributed by atoms with Crippen LogP contribution in [0, 0.1) is 5.95 Å². The van der Waals surface area contributed by atoms with Gasteiger partial charge in [0.05, 0.1) is 0 Å². The number of anilines is 2. The highest BCUT2D eigenvalue weighted by Gasteiger charge is 2.34. The van der Waals surface area contributed by atoms with Gasteiger partial charge in [-0.15, -0.1) is 0 Å². The van der Waals surface area contributed by atoms with Crippen molar-refractivity contribution in [2.45, 2.75) is 39.4 Å². The predicted octanol–water partition coefficient (Wildman–Crippen LogP) is 3.98. The van der Waals surface area contributed by atoms with Crippen LogP contribution in [0.25, 0.3) is 0 Å². The smallest absolute Gasteiger partial charge is 0.416 e. The van der Waals surface area contributed by atoms with Crippen molar-refractivity contribution in [2.75, 3.05) is 42.5 Å². The first-order valence-electron chi connectivity index (χ1n) is 11.1. The van der Waals surface area contributed by atoms with Crippen molar-refractivity contribution >= 4 is 23.7 Å². The summed E-state index contributed by atoms with van der Waals surface area (Å²) in [4.78, 5) is 34.1. The number of aromatic nitrogens is 1. The van der Waals surface area contributed by atoms with Crippen molar-refractivity contribution in [1.29, 1.82) is 0 Å². The maximum absolute atomic E-state index is 14.4. The van der Waals surface area contributed by atoms with Gasteiger partial charge in [-0.05, 0) is 32.8 Å². The van der Waals surface area contributed by atoms with Gasteiger partial charge in [-0.2, -0.15) is 4.39 Å². The number of amides is 2. The molecule has 4 rings (SSSR count). The normalized spacial score (nSPS) is 15.9. The molecule has 3 heterocycles. The van der Waals surface area contributed by atoms with Crippen LogP contribution in [0.2, 0.25) is 0 Å². The van der Waals surface area contributed by atoms with Gasteiger partial charge < -0.3 is 19.3 Å². The Morgan fingerprint density at radius 1 is 1.03 bits per heavy atom. The molecule has 2 amide bonds. The van der Waals surface area contributed by atoms with E-state index in [1.807, 2.05) is 35.2 Å². The first-order valence-corrected chi connectivity index (χ1v) is 11.1. The second-order valence-electron chi connectivity index (χ2n) is 9.16. The number of rotatable bonds is 3. The van der Waals surface area contributed by atoms with Crippen LogP contribution in [0.15, 0.2) is 36.4 Å². The lowest BCUT2D eigenvalue weighted by molar-refractivity contribution is 0.0582. The van der Waals surface area contributed by atoms with E-state index in [-0.39, 0.29) is 12.7 Å². The molecule has 8 nitrogen and oxygen atoms in total. The molecule has 0 N–H and O–H groups in total. The molecule has 1 saturated heterocycles. The lowest BCUT2D eigenvalue weighted by Crippen LogP contribution is -2.49. The Morgan fingerprint density at radius 3 is 2.39 bits per heavy atom. The highest BCUT2D eigenvalue weighted by molar-refractivity contribution is 5.90. The Bertz CT molecular complexity index is 1020. The summed E-state index contributed by atoms with van der Waals surface area (Å²) in [5, 5.41) is 0. The monoisotopic (exact) mass is 456 g/mol. The van der Waals surface area contributed by atoms with E-state index in [4.69, 9.17) is 9.47 Å². The molecule has 9 heteroatoms. The van der Waals surface area contributed by atoms with E-state index < -0.39 is 17.6 Å². The highest BCUT2D eigenvalue weighted by Crippen LogP contribution is 2.36. The van der Waals surface area contributed by atoms with E-state index in [2.05, 4.69) is 4.98 Å². The number of pyridine rings is 1. The molecular weight excluding hydrogens is 427 g/mol. The van der Waals surface area contributed by atoms with Crippen LogP contribution >= 0.6 is 0 Å².